The minimum absolute atomic E-state index is 0.173. The summed E-state index contributed by atoms with van der Waals surface area (Å²) < 4.78 is 19.3. The van der Waals surface area contributed by atoms with E-state index in [1.807, 2.05) is 0 Å². The molecule has 0 atom stereocenters. The number of nitrogens with one attached hydrogen (secondary N) is 1. The van der Waals surface area contributed by atoms with E-state index in [4.69, 9.17) is 10.2 Å². The van der Waals surface area contributed by atoms with Crippen LogP contribution in [0.15, 0.2) is 59.1 Å². The van der Waals surface area contributed by atoms with Crippen molar-refractivity contribution in [2.24, 2.45) is 5.73 Å². The fraction of sp³-hybridized carbons (Fsp3) is 0.150. The number of amides is 2. The molecule has 0 aliphatic rings. The van der Waals surface area contributed by atoms with Crippen LogP contribution in [0.5, 0.6) is 0 Å². The zero-order valence-electron chi connectivity index (χ0n) is 14.4. The van der Waals surface area contributed by atoms with Crippen LogP contribution in [0.4, 0.5) is 4.39 Å². The zero-order chi connectivity index (χ0) is 19.2. The molecule has 2 amide bonds. The second kappa shape index (κ2) is 8.27. The van der Waals surface area contributed by atoms with Crippen molar-refractivity contribution in [1.29, 1.82) is 0 Å². The first-order valence-electron chi connectivity index (χ1n) is 8.38. The van der Waals surface area contributed by atoms with Crippen molar-refractivity contribution in [3.05, 3.63) is 77.6 Å². The van der Waals surface area contributed by atoms with Crippen LogP contribution >= 0.6 is 0 Å². The molecule has 7 heteroatoms. The minimum atomic E-state index is -0.516. The topological polar surface area (TPSA) is 98.2 Å². The number of oxazole rings is 1. The van der Waals surface area contributed by atoms with Crippen molar-refractivity contribution in [3.63, 3.8) is 0 Å². The van der Waals surface area contributed by atoms with Crippen LogP contribution in [-0.2, 0) is 17.8 Å². The molecule has 3 N–H and O–H groups in total. The highest BCUT2D eigenvalue weighted by molar-refractivity contribution is 5.92. The van der Waals surface area contributed by atoms with E-state index < -0.39 is 11.7 Å². The Morgan fingerprint density at radius 3 is 2.74 bits per heavy atom. The van der Waals surface area contributed by atoms with Gasteiger partial charge in [0.1, 0.15) is 5.82 Å². The largest absolute Gasteiger partial charge is 0.441 e. The fourth-order valence-corrected chi connectivity index (χ4v) is 2.56. The van der Waals surface area contributed by atoms with Crippen LogP contribution in [0.25, 0.3) is 11.3 Å². The Bertz CT molecular complexity index is 968. The van der Waals surface area contributed by atoms with Gasteiger partial charge >= 0.3 is 0 Å². The highest BCUT2D eigenvalue weighted by Crippen LogP contribution is 2.23. The number of carbonyl (C=O) groups is 2. The third-order valence-corrected chi connectivity index (χ3v) is 3.96. The summed E-state index contributed by atoms with van der Waals surface area (Å²) in [6.07, 6.45) is 1.91. The Balaban J connectivity index is 1.52. The first-order chi connectivity index (χ1) is 13.0. The van der Waals surface area contributed by atoms with E-state index in [0.717, 1.165) is 5.56 Å². The molecule has 2 aromatic carbocycles. The number of hydrogen-bond acceptors (Lipinski definition) is 4. The molecule has 1 heterocycles. The average molecular weight is 367 g/mol. The van der Waals surface area contributed by atoms with E-state index in [1.165, 1.54) is 12.3 Å². The predicted molar refractivity (Wildman–Crippen MR) is 97.0 cm³/mol. The molecule has 138 valence electrons. The number of nitrogens with two attached hydrogens (primary N) is 1. The summed E-state index contributed by atoms with van der Waals surface area (Å²) in [5.41, 5.74) is 6.73. The number of benzene rings is 2. The summed E-state index contributed by atoms with van der Waals surface area (Å²) in [5, 5.41) is 2.76. The van der Waals surface area contributed by atoms with Gasteiger partial charge in [0, 0.05) is 24.9 Å². The highest BCUT2D eigenvalue weighted by atomic mass is 19.1. The molecule has 0 radical (unpaired) electrons. The van der Waals surface area contributed by atoms with E-state index in [0.29, 0.717) is 29.2 Å². The van der Waals surface area contributed by atoms with Crippen molar-refractivity contribution in [2.45, 2.75) is 19.4 Å². The van der Waals surface area contributed by atoms with Crippen LogP contribution in [0.1, 0.15) is 28.2 Å². The maximum absolute atomic E-state index is 13.8. The van der Waals surface area contributed by atoms with Crippen molar-refractivity contribution < 1.29 is 18.4 Å². The van der Waals surface area contributed by atoms with Gasteiger partial charge in [-0.15, -0.1) is 0 Å². The first-order valence-corrected chi connectivity index (χ1v) is 8.38. The Hall–Kier alpha value is -3.48. The second-order valence-corrected chi connectivity index (χ2v) is 5.94. The minimum Gasteiger partial charge on any atom is -0.441 e. The molecule has 0 saturated heterocycles. The van der Waals surface area contributed by atoms with E-state index in [9.17, 15) is 14.0 Å². The smallest absolute Gasteiger partial charge is 0.248 e. The molecular formula is C20H18FN3O3. The summed E-state index contributed by atoms with van der Waals surface area (Å²) in [4.78, 5) is 27.3. The van der Waals surface area contributed by atoms with Gasteiger partial charge in [0.05, 0.1) is 11.8 Å². The van der Waals surface area contributed by atoms with Gasteiger partial charge in [-0.1, -0.05) is 24.3 Å². The Morgan fingerprint density at radius 2 is 1.96 bits per heavy atom. The van der Waals surface area contributed by atoms with E-state index >= 15 is 0 Å². The molecule has 0 aliphatic carbocycles. The standard InChI is InChI=1S/C20H18FN3O3/c21-16-7-2-1-6-15(16)17-12-24-19(27-17)9-8-18(25)23-11-13-4-3-5-14(10-13)20(22)26/h1-7,10,12H,8-9,11H2,(H2,22,26)(H,23,25). The summed E-state index contributed by atoms with van der Waals surface area (Å²) in [6.45, 7) is 0.284. The lowest BCUT2D eigenvalue weighted by molar-refractivity contribution is -0.121. The van der Waals surface area contributed by atoms with Crippen LogP contribution in [0, 0.1) is 5.82 Å². The van der Waals surface area contributed by atoms with Crippen molar-refractivity contribution in [2.75, 3.05) is 0 Å². The zero-order valence-corrected chi connectivity index (χ0v) is 14.4. The lowest BCUT2D eigenvalue weighted by Gasteiger charge is -2.05. The maximum Gasteiger partial charge on any atom is 0.248 e. The van der Waals surface area contributed by atoms with E-state index in [-0.39, 0.29) is 18.9 Å². The van der Waals surface area contributed by atoms with Crippen LogP contribution < -0.4 is 11.1 Å². The monoisotopic (exact) mass is 367 g/mol. The van der Waals surface area contributed by atoms with Crippen LogP contribution in [0.2, 0.25) is 0 Å². The number of carbonyl (C=O) groups excluding carboxylic acids is 2. The average Bonchev–Trinajstić information content (AvgIpc) is 3.14. The van der Waals surface area contributed by atoms with Crippen molar-refractivity contribution in [1.82, 2.24) is 10.3 Å². The third-order valence-electron chi connectivity index (χ3n) is 3.96. The number of hydrogen-bond donors (Lipinski definition) is 2. The van der Waals surface area contributed by atoms with Crippen LogP contribution in [-0.4, -0.2) is 16.8 Å². The molecule has 3 rings (SSSR count). The molecular weight excluding hydrogens is 349 g/mol. The van der Waals surface area contributed by atoms with Gasteiger partial charge in [0.25, 0.3) is 0 Å². The SMILES string of the molecule is NC(=O)c1cccc(CNC(=O)CCc2ncc(-c3ccccc3F)o2)c1. The van der Waals surface area contributed by atoms with Gasteiger partial charge in [-0.05, 0) is 29.8 Å². The van der Waals surface area contributed by atoms with Gasteiger partial charge in [-0.3, -0.25) is 9.59 Å². The summed E-state index contributed by atoms with van der Waals surface area (Å²) >= 11 is 0. The van der Waals surface area contributed by atoms with Gasteiger partial charge < -0.3 is 15.5 Å². The molecule has 0 unspecified atom stereocenters. The van der Waals surface area contributed by atoms with Gasteiger partial charge in [-0.2, -0.15) is 0 Å². The number of nitrogens with zero attached hydrogens (tertiary/aromatic N) is 1. The van der Waals surface area contributed by atoms with Gasteiger partial charge in [0.15, 0.2) is 11.7 Å². The normalized spacial score (nSPS) is 10.6. The number of aryl methyl sites for hydroxylation is 1. The van der Waals surface area contributed by atoms with E-state index in [1.54, 1.807) is 42.5 Å². The maximum atomic E-state index is 13.8. The molecule has 6 nitrogen and oxygen atoms in total. The summed E-state index contributed by atoms with van der Waals surface area (Å²) in [7, 11) is 0. The van der Waals surface area contributed by atoms with Gasteiger partial charge in [0.2, 0.25) is 11.8 Å². The quantitative estimate of drug-likeness (QED) is 0.671. The number of aromatic nitrogens is 1. The first kappa shape index (κ1) is 18.3. The molecule has 0 aliphatic heterocycles. The summed E-state index contributed by atoms with van der Waals surface area (Å²) in [5.74, 6) is -0.412. The molecule has 1 aromatic heterocycles. The molecule has 27 heavy (non-hydrogen) atoms. The molecule has 0 bridgehead atoms. The van der Waals surface area contributed by atoms with Crippen molar-refractivity contribution in [3.8, 4) is 11.3 Å². The van der Waals surface area contributed by atoms with Crippen molar-refractivity contribution >= 4 is 11.8 Å². The molecule has 3 aromatic rings. The Kier molecular flexibility index (Phi) is 5.61. The number of primary amides is 1. The Labute approximate surface area is 155 Å². The number of rotatable bonds is 7. The molecule has 0 spiro atoms. The number of halogens is 1. The molecule has 0 fully saturated rings. The lowest BCUT2D eigenvalue weighted by atomic mass is 10.1. The van der Waals surface area contributed by atoms with Crippen LogP contribution in [0.3, 0.4) is 0 Å². The third kappa shape index (κ3) is 4.78. The molecule has 0 saturated carbocycles. The highest BCUT2D eigenvalue weighted by Gasteiger charge is 2.12. The predicted octanol–water partition coefficient (Wildman–Crippen LogP) is 2.83. The fourth-order valence-electron chi connectivity index (χ4n) is 2.56. The van der Waals surface area contributed by atoms with Gasteiger partial charge in [-0.25, -0.2) is 9.37 Å². The van der Waals surface area contributed by atoms with E-state index in [2.05, 4.69) is 10.3 Å². The Morgan fingerprint density at radius 1 is 1.15 bits per heavy atom. The second-order valence-electron chi connectivity index (χ2n) is 5.94. The lowest BCUT2D eigenvalue weighted by Crippen LogP contribution is -2.23. The summed E-state index contributed by atoms with van der Waals surface area (Å²) in [6, 6.07) is 13.0.